The van der Waals surface area contributed by atoms with Gasteiger partial charge in [0.15, 0.2) is 0 Å². The molecule has 0 amide bonds. The molecule has 0 aliphatic rings. The van der Waals surface area contributed by atoms with Gasteiger partial charge in [0.05, 0.1) is 25.9 Å². The van der Waals surface area contributed by atoms with Crippen LogP contribution in [0, 0.1) is 0 Å². The van der Waals surface area contributed by atoms with Gasteiger partial charge >= 0.3 is 0 Å². The Balaban J connectivity index is 3.29. The highest BCUT2D eigenvalue weighted by molar-refractivity contribution is 7.99. The van der Waals surface area contributed by atoms with E-state index in [4.69, 9.17) is 9.47 Å². The van der Waals surface area contributed by atoms with Crippen molar-refractivity contribution >= 4 is 11.8 Å². The number of ether oxygens (including phenoxy) is 2. The van der Waals surface area contributed by atoms with Crippen LogP contribution < -0.4 is 0 Å². The van der Waals surface area contributed by atoms with Crippen molar-refractivity contribution < 1.29 is 14.6 Å². The van der Waals surface area contributed by atoms with Gasteiger partial charge < -0.3 is 19.5 Å². The summed E-state index contributed by atoms with van der Waals surface area (Å²) in [4.78, 5) is 2.38. The molecule has 0 aromatic rings. The summed E-state index contributed by atoms with van der Waals surface area (Å²) < 4.78 is 10.1. The van der Waals surface area contributed by atoms with Crippen molar-refractivity contribution in [1.29, 1.82) is 0 Å². The number of hydrogen-bond acceptors (Lipinski definition) is 5. The normalized spacial score (nSPS) is 13.2. The van der Waals surface area contributed by atoms with E-state index in [9.17, 15) is 5.11 Å². The number of methoxy groups -OCH3 is 1. The SMILES string of the molecule is CCN(CC)CCSCC(O)COCCOC. The quantitative estimate of drug-likeness (QED) is 0.535. The number of rotatable bonds is 12. The van der Waals surface area contributed by atoms with Gasteiger partial charge in [-0.25, -0.2) is 0 Å². The third kappa shape index (κ3) is 11.0. The highest BCUT2D eigenvalue weighted by Gasteiger charge is 2.05. The average molecular weight is 265 g/mol. The van der Waals surface area contributed by atoms with Gasteiger partial charge in [-0.2, -0.15) is 11.8 Å². The van der Waals surface area contributed by atoms with Crippen molar-refractivity contribution in [3.05, 3.63) is 0 Å². The van der Waals surface area contributed by atoms with E-state index in [-0.39, 0.29) is 6.10 Å². The van der Waals surface area contributed by atoms with Crippen molar-refractivity contribution in [1.82, 2.24) is 4.90 Å². The van der Waals surface area contributed by atoms with E-state index in [0.29, 0.717) is 19.8 Å². The molecule has 0 saturated carbocycles. The molecule has 1 unspecified atom stereocenters. The summed E-state index contributed by atoms with van der Waals surface area (Å²) in [6, 6.07) is 0. The van der Waals surface area contributed by atoms with Crippen molar-refractivity contribution in [3.63, 3.8) is 0 Å². The van der Waals surface area contributed by atoms with E-state index in [0.717, 1.165) is 31.1 Å². The van der Waals surface area contributed by atoms with Crippen LogP contribution in [0.4, 0.5) is 0 Å². The predicted molar refractivity (Wildman–Crippen MR) is 73.8 cm³/mol. The van der Waals surface area contributed by atoms with E-state index >= 15 is 0 Å². The maximum absolute atomic E-state index is 9.63. The molecule has 5 heteroatoms. The number of thioether (sulfide) groups is 1. The molecule has 0 saturated heterocycles. The zero-order valence-electron chi connectivity index (χ0n) is 11.4. The Labute approximate surface area is 110 Å². The summed E-state index contributed by atoms with van der Waals surface area (Å²) in [6.45, 7) is 9.18. The van der Waals surface area contributed by atoms with E-state index in [2.05, 4.69) is 18.7 Å². The predicted octanol–water partition coefficient (Wildman–Crippen LogP) is 1.09. The first-order valence-corrected chi connectivity index (χ1v) is 7.44. The van der Waals surface area contributed by atoms with Gasteiger partial charge in [0.1, 0.15) is 0 Å². The highest BCUT2D eigenvalue weighted by atomic mass is 32.2. The first-order valence-electron chi connectivity index (χ1n) is 6.29. The molecule has 104 valence electrons. The van der Waals surface area contributed by atoms with Gasteiger partial charge in [0.2, 0.25) is 0 Å². The zero-order valence-corrected chi connectivity index (χ0v) is 12.2. The molecule has 4 nitrogen and oxygen atoms in total. The second kappa shape index (κ2) is 12.6. The second-order valence-corrected chi connectivity index (χ2v) is 4.97. The van der Waals surface area contributed by atoms with E-state index in [1.165, 1.54) is 0 Å². The Bertz CT molecular complexity index is 157. The Kier molecular flexibility index (Phi) is 12.8. The zero-order chi connectivity index (χ0) is 12.9. The Morgan fingerprint density at radius 3 is 2.53 bits per heavy atom. The first kappa shape index (κ1) is 17.2. The van der Waals surface area contributed by atoms with Gasteiger partial charge in [-0.3, -0.25) is 0 Å². The van der Waals surface area contributed by atoms with Gasteiger partial charge in [0, 0.05) is 25.2 Å². The van der Waals surface area contributed by atoms with Gasteiger partial charge in [-0.05, 0) is 13.1 Å². The fourth-order valence-electron chi connectivity index (χ4n) is 1.36. The molecule has 0 spiro atoms. The maximum Gasteiger partial charge on any atom is 0.0863 e. The largest absolute Gasteiger partial charge is 0.390 e. The lowest BCUT2D eigenvalue weighted by Crippen LogP contribution is -2.26. The first-order chi connectivity index (χ1) is 8.24. The molecule has 1 atom stereocenters. The Hall–Kier alpha value is 0.190. The molecule has 0 fully saturated rings. The van der Waals surface area contributed by atoms with E-state index in [1.54, 1.807) is 18.9 Å². The fraction of sp³-hybridized carbons (Fsp3) is 1.00. The van der Waals surface area contributed by atoms with Crippen molar-refractivity contribution in [3.8, 4) is 0 Å². The minimum atomic E-state index is -0.367. The number of aliphatic hydroxyl groups is 1. The minimum absolute atomic E-state index is 0.367. The summed E-state index contributed by atoms with van der Waals surface area (Å²) in [5.41, 5.74) is 0. The Morgan fingerprint density at radius 1 is 1.24 bits per heavy atom. The maximum atomic E-state index is 9.63. The summed E-state index contributed by atoms with van der Waals surface area (Å²) in [7, 11) is 1.64. The standard InChI is InChI=1S/C12H27NO3S/c1-4-13(5-2)6-9-17-11-12(14)10-16-8-7-15-3/h12,14H,4-11H2,1-3H3. The topological polar surface area (TPSA) is 41.9 Å². The molecule has 0 heterocycles. The summed E-state index contributed by atoms with van der Waals surface area (Å²) in [6.07, 6.45) is -0.367. The molecule has 0 aromatic carbocycles. The molecule has 0 rings (SSSR count). The average Bonchev–Trinajstić information content (AvgIpc) is 2.35. The van der Waals surface area contributed by atoms with Crippen molar-refractivity contribution in [2.75, 3.05) is 58.1 Å². The van der Waals surface area contributed by atoms with E-state index < -0.39 is 0 Å². The highest BCUT2D eigenvalue weighted by Crippen LogP contribution is 2.04. The molecule has 0 radical (unpaired) electrons. The number of hydrogen-bond donors (Lipinski definition) is 1. The summed E-state index contributed by atoms with van der Waals surface area (Å²) in [5.74, 6) is 1.81. The van der Waals surface area contributed by atoms with Crippen molar-refractivity contribution in [2.24, 2.45) is 0 Å². The number of aliphatic hydroxyl groups excluding tert-OH is 1. The molecular formula is C12H27NO3S. The molecule has 17 heavy (non-hydrogen) atoms. The van der Waals surface area contributed by atoms with Gasteiger partial charge in [-0.1, -0.05) is 13.8 Å². The minimum Gasteiger partial charge on any atom is -0.390 e. The lowest BCUT2D eigenvalue weighted by molar-refractivity contribution is 0.0218. The Morgan fingerprint density at radius 2 is 1.94 bits per heavy atom. The van der Waals surface area contributed by atoms with Gasteiger partial charge in [-0.15, -0.1) is 0 Å². The third-order valence-corrected chi connectivity index (χ3v) is 3.59. The van der Waals surface area contributed by atoms with Crippen LogP contribution in [0.25, 0.3) is 0 Å². The molecule has 0 aliphatic carbocycles. The molecule has 0 aliphatic heterocycles. The van der Waals surface area contributed by atoms with Crippen LogP contribution in [0.5, 0.6) is 0 Å². The van der Waals surface area contributed by atoms with Crippen LogP contribution >= 0.6 is 11.8 Å². The molecule has 0 bridgehead atoms. The van der Waals surface area contributed by atoms with Crippen LogP contribution in [-0.4, -0.2) is 74.2 Å². The molecule has 1 N–H and O–H groups in total. The lowest BCUT2D eigenvalue weighted by Gasteiger charge is -2.18. The van der Waals surface area contributed by atoms with Crippen molar-refractivity contribution in [2.45, 2.75) is 20.0 Å². The van der Waals surface area contributed by atoms with Crippen LogP contribution in [0.3, 0.4) is 0 Å². The second-order valence-electron chi connectivity index (χ2n) is 3.82. The monoisotopic (exact) mass is 265 g/mol. The lowest BCUT2D eigenvalue weighted by atomic mass is 10.4. The van der Waals surface area contributed by atoms with Crippen LogP contribution in [-0.2, 0) is 9.47 Å². The van der Waals surface area contributed by atoms with Crippen LogP contribution in [0.1, 0.15) is 13.8 Å². The van der Waals surface area contributed by atoms with E-state index in [1.807, 2.05) is 0 Å². The fourth-order valence-corrected chi connectivity index (χ4v) is 2.28. The smallest absolute Gasteiger partial charge is 0.0863 e. The third-order valence-electron chi connectivity index (χ3n) is 2.50. The van der Waals surface area contributed by atoms with Crippen LogP contribution in [0.15, 0.2) is 0 Å². The molecular weight excluding hydrogens is 238 g/mol. The summed E-state index contributed by atoms with van der Waals surface area (Å²) >= 11 is 1.78. The summed E-state index contributed by atoms with van der Waals surface area (Å²) in [5, 5.41) is 9.63. The van der Waals surface area contributed by atoms with Gasteiger partial charge in [0.25, 0.3) is 0 Å². The van der Waals surface area contributed by atoms with Crippen LogP contribution in [0.2, 0.25) is 0 Å². The number of nitrogens with zero attached hydrogens (tertiary/aromatic N) is 1. The molecule has 0 aromatic heterocycles.